The summed E-state index contributed by atoms with van der Waals surface area (Å²) >= 11 is 9.52. The maximum absolute atomic E-state index is 6.12. The van der Waals surface area contributed by atoms with Gasteiger partial charge in [0.25, 0.3) is 0 Å². The highest BCUT2D eigenvalue weighted by Gasteiger charge is 2.33. The van der Waals surface area contributed by atoms with Crippen molar-refractivity contribution in [1.29, 1.82) is 0 Å². The van der Waals surface area contributed by atoms with E-state index in [1.54, 1.807) is 6.33 Å². The highest BCUT2D eigenvalue weighted by atomic mass is 79.9. The van der Waals surface area contributed by atoms with E-state index < -0.39 is 0 Å². The molecule has 0 atom stereocenters. The number of hydrogen-bond donors (Lipinski definition) is 1. The molecule has 0 unspecified atom stereocenters. The predicted molar refractivity (Wildman–Crippen MR) is 75.1 cm³/mol. The molecule has 4 nitrogen and oxygen atoms in total. The Morgan fingerprint density at radius 1 is 1.39 bits per heavy atom. The summed E-state index contributed by atoms with van der Waals surface area (Å²) in [5.74, 6) is 0.792. The first-order chi connectivity index (χ1) is 8.57. The smallest absolute Gasteiger partial charge is 0.137 e. The highest BCUT2D eigenvalue weighted by Crippen LogP contribution is 2.32. The Morgan fingerprint density at radius 3 is 2.83 bits per heavy atom. The van der Waals surface area contributed by atoms with Crippen molar-refractivity contribution in [3.8, 4) is 0 Å². The van der Waals surface area contributed by atoms with E-state index in [0.29, 0.717) is 18.2 Å². The van der Waals surface area contributed by atoms with Gasteiger partial charge in [-0.15, -0.1) is 0 Å². The van der Waals surface area contributed by atoms with Gasteiger partial charge in [-0.2, -0.15) is 0 Å². The molecule has 1 aromatic carbocycles. The summed E-state index contributed by atoms with van der Waals surface area (Å²) in [6.45, 7) is 3.47. The molecule has 2 aromatic rings. The molecule has 3 rings (SSSR count). The number of ether oxygens (including phenoxy) is 1. The standard InChI is InChI=1S/C12H11BrClN3O/c1-12(4-18-5-12)17-11-7-2-9(14)8(13)3-10(7)15-6-16-11/h2-3,6H,4-5H2,1H3,(H,15,16,17). The van der Waals surface area contributed by atoms with Crippen LogP contribution in [0.1, 0.15) is 6.92 Å². The van der Waals surface area contributed by atoms with Crippen molar-refractivity contribution in [2.45, 2.75) is 12.5 Å². The first kappa shape index (κ1) is 12.1. The maximum Gasteiger partial charge on any atom is 0.137 e. The van der Waals surface area contributed by atoms with E-state index in [-0.39, 0.29) is 5.54 Å². The molecular formula is C12H11BrClN3O. The average molecular weight is 329 g/mol. The summed E-state index contributed by atoms with van der Waals surface area (Å²) in [5.41, 5.74) is 0.800. The molecule has 1 aliphatic rings. The molecule has 0 radical (unpaired) electrons. The molecule has 2 heterocycles. The Kier molecular flexibility index (Phi) is 2.92. The van der Waals surface area contributed by atoms with Gasteiger partial charge in [0.2, 0.25) is 0 Å². The van der Waals surface area contributed by atoms with Gasteiger partial charge >= 0.3 is 0 Å². The highest BCUT2D eigenvalue weighted by molar-refractivity contribution is 9.10. The number of benzene rings is 1. The molecule has 18 heavy (non-hydrogen) atoms. The summed E-state index contributed by atoms with van der Waals surface area (Å²) in [5, 5.41) is 4.96. The molecule has 94 valence electrons. The topological polar surface area (TPSA) is 47.0 Å². The number of nitrogens with one attached hydrogen (secondary N) is 1. The van der Waals surface area contributed by atoms with Crippen molar-refractivity contribution in [1.82, 2.24) is 9.97 Å². The van der Waals surface area contributed by atoms with Crippen LogP contribution in [0.15, 0.2) is 22.9 Å². The normalized spacial score (nSPS) is 17.5. The lowest BCUT2D eigenvalue weighted by molar-refractivity contribution is -0.0319. The zero-order chi connectivity index (χ0) is 12.8. The van der Waals surface area contributed by atoms with Gasteiger partial charge in [0.05, 0.1) is 29.3 Å². The molecule has 1 aromatic heterocycles. The van der Waals surface area contributed by atoms with Crippen LogP contribution in [-0.2, 0) is 4.74 Å². The number of hydrogen-bond acceptors (Lipinski definition) is 4. The Morgan fingerprint density at radius 2 is 2.17 bits per heavy atom. The van der Waals surface area contributed by atoms with E-state index in [1.807, 2.05) is 12.1 Å². The SMILES string of the molecule is CC1(Nc2ncnc3cc(Br)c(Cl)cc23)COC1. The Hall–Kier alpha value is -0.910. The second-order valence-electron chi connectivity index (χ2n) is 4.68. The summed E-state index contributed by atoms with van der Waals surface area (Å²) in [4.78, 5) is 8.54. The van der Waals surface area contributed by atoms with Crippen LogP contribution in [0, 0.1) is 0 Å². The minimum absolute atomic E-state index is 0.0547. The third-order valence-corrected chi connectivity index (χ3v) is 4.14. The quantitative estimate of drug-likeness (QED) is 0.919. The maximum atomic E-state index is 6.12. The summed E-state index contributed by atoms with van der Waals surface area (Å²) in [6, 6.07) is 3.76. The molecule has 1 N–H and O–H groups in total. The van der Waals surface area contributed by atoms with Gasteiger partial charge in [0, 0.05) is 9.86 Å². The molecule has 0 aliphatic carbocycles. The van der Waals surface area contributed by atoms with Gasteiger partial charge in [0.15, 0.2) is 0 Å². The Labute approximate surface area is 118 Å². The fourth-order valence-corrected chi connectivity index (χ4v) is 2.41. The molecule has 0 bridgehead atoms. The third kappa shape index (κ3) is 2.06. The number of fused-ring (bicyclic) bond motifs is 1. The summed E-state index contributed by atoms with van der Waals surface area (Å²) in [6.07, 6.45) is 1.55. The van der Waals surface area contributed by atoms with E-state index in [0.717, 1.165) is 21.2 Å². The van der Waals surface area contributed by atoms with E-state index >= 15 is 0 Å². The van der Waals surface area contributed by atoms with E-state index in [1.165, 1.54) is 0 Å². The second-order valence-corrected chi connectivity index (χ2v) is 5.95. The lowest BCUT2D eigenvalue weighted by atomic mass is 10.0. The minimum atomic E-state index is -0.0547. The number of anilines is 1. The van der Waals surface area contributed by atoms with Crippen molar-refractivity contribution in [2.24, 2.45) is 0 Å². The second kappa shape index (κ2) is 4.33. The third-order valence-electron chi connectivity index (χ3n) is 2.94. The summed E-state index contributed by atoms with van der Waals surface area (Å²) in [7, 11) is 0. The number of halogens is 2. The van der Waals surface area contributed by atoms with Gasteiger partial charge in [0.1, 0.15) is 12.1 Å². The van der Waals surface area contributed by atoms with Gasteiger partial charge in [-0.1, -0.05) is 11.6 Å². The molecule has 1 aliphatic heterocycles. The first-order valence-corrected chi connectivity index (χ1v) is 6.70. The van der Waals surface area contributed by atoms with Crippen LogP contribution in [0.25, 0.3) is 10.9 Å². The van der Waals surface area contributed by atoms with E-state index in [2.05, 4.69) is 38.1 Å². The number of nitrogens with zero attached hydrogens (tertiary/aromatic N) is 2. The molecule has 6 heteroatoms. The fraction of sp³-hybridized carbons (Fsp3) is 0.333. The molecule has 0 spiro atoms. The lowest BCUT2D eigenvalue weighted by Gasteiger charge is -2.39. The van der Waals surface area contributed by atoms with Crippen molar-refractivity contribution in [2.75, 3.05) is 18.5 Å². The van der Waals surface area contributed by atoms with Crippen LogP contribution in [0.5, 0.6) is 0 Å². The molecule has 1 fully saturated rings. The van der Waals surface area contributed by atoms with Crippen LogP contribution in [-0.4, -0.2) is 28.7 Å². The summed E-state index contributed by atoms with van der Waals surface area (Å²) < 4.78 is 6.06. The van der Waals surface area contributed by atoms with Gasteiger partial charge < -0.3 is 10.1 Å². The van der Waals surface area contributed by atoms with Gasteiger partial charge in [-0.05, 0) is 35.0 Å². The van der Waals surface area contributed by atoms with E-state index in [9.17, 15) is 0 Å². The van der Waals surface area contributed by atoms with Gasteiger partial charge in [-0.3, -0.25) is 0 Å². The molecular weight excluding hydrogens is 318 g/mol. The van der Waals surface area contributed by atoms with Crippen molar-refractivity contribution >= 4 is 44.3 Å². The lowest BCUT2D eigenvalue weighted by Crippen LogP contribution is -2.53. The fourth-order valence-electron chi connectivity index (χ4n) is 1.92. The molecule has 0 amide bonds. The van der Waals surface area contributed by atoms with Crippen molar-refractivity contribution in [3.63, 3.8) is 0 Å². The van der Waals surface area contributed by atoms with Gasteiger partial charge in [-0.25, -0.2) is 9.97 Å². The van der Waals surface area contributed by atoms with Crippen LogP contribution in [0.3, 0.4) is 0 Å². The molecule has 0 saturated carbocycles. The number of aromatic nitrogens is 2. The Balaban J connectivity index is 2.08. The largest absolute Gasteiger partial charge is 0.376 e. The number of rotatable bonds is 2. The van der Waals surface area contributed by atoms with Crippen LogP contribution in [0.2, 0.25) is 5.02 Å². The van der Waals surface area contributed by atoms with Crippen LogP contribution >= 0.6 is 27.5 Å². The average Bonchev–Trinajstić information content (AvgIpc) is 2.30. The molecule has 1 saturated heterocycles. The van der Waals surface area contributed by atoms with Crippen molar-refractivity contribution < 1.29 is 4.74 Å². The van der Waals surface area contributed by atoms with Crippen LogP contribution < -0.4 is 5.32 Å². The zero-order valence-corrected chi connectivity index (χ0v) is 12.0. The first-order valence-electron chi connectivity index (χ1n) is 5.53. The zero-order valence-electron chi connectivity index (χ0n) is 9.70. The predicted octanol–water partition coefficient (Wildman–Crippen LogP) is 3.25. The monoisotopic (exact) mass is 327 g/mol. The minimum Gasteiger partial charge on any atom is -0.376 e. The Bertz CT molecular complexity index is 616. The van der Waals surface area contributed by atoms with Crippen molar-refractivity contribution in [3.05, 3.63) is 28.0 Å². The van der Waals surface area contributed by atoms with E-state index in [4.69, 9.17) is 16.3 Å². The van der Waals surface area contributed by atoms with Crippen LogP contribution in [0.4, 0.5) is 5.82 Å².